The van der Waals surface area contributed by atoms with Gasteiger partial charge in [-0.05, 0) is 31.2 Å². The molecule has 1 fully saturated rings. The summed E-state index contributed by atoms with van der Waals surface area (Å²) in [6.45, 7) is 2.54. The van der Waals surface area contributed by atoms with Gasteiger partial charge in [0.05, 0.1) is 38.3 Å². The fraction of sp³-hybridized carbons (Fsp3) is 0.400. The summed E-state index contributed by atoms with van der Waals surface area (Å²) in [5.41, 5.74) is 0.328. The van der Waals surface area contributed by atoms with Gasteiger partial charge in [0, 0.05) is 37.1 Å². The second-order valence-electron chi connectivity index (χ2n) is 8.42. The van der Waals surface area contributed by atoms with Crippen LogP contribution in [-0.4, -0.2) is 62.3 Å². The van der Waals surface area contributed by atoms with Crippen molar-refractivity contribution >= 4 is 17.3 Å². The van der Waals surface area contributed by atoms with Crippen molar-refractivity contribution < 1.29 is 32.2 Å². The summed E-state index contributed by atoms with van der Waals surface area (Å²) in [5.74, 6) is 0.973. The van der Waals surface area contributed by atoms with E-state index in [0.717, 1.165) is 12.1 Å². The number of rotatable bonds is 5. The average molecular weight is 489 g/mol. The van der Waals surface area contributed by atoms with Gasteiger partial charge in [-0.15, -0.1) is 0 Å². The third-order valence-corrected chi connectivity index (χ3v) is 6.26. The first kappa shape index (κ1) is 24.6. The number of methoxy groups -OCH3 is 3. The van der Waals surface area contributed by atoms with Crippen molar-refractivity contribution in [2.75, 3.05) is 34.4 Å². The van der Waals surface area contributed by atoms with Crippen molar-refractivity contribution in [2.45, 2.75) is 31.6 Å². The number of amides is 1. The van der Waals surface area contributed by atoms with Crippen molar-refractivity contribution in [1.82, 2.24) is 4.90 Å². The molecule has 2 aromatic carbocycles. The van der Waals surface area contributed by atoms with Crippen LogP contribution in [0.2, 0.25) is 0 Å². The predicted molar refractivity (Wildman–Crippen MR) is 125 cm³/mol. The number of carbonyl (C=O) groups excluding carboxylic acids is 1. The Hall–Kier alpha value is -3.56. The molecule has 0 radical (unpaired) electrons. The molecule has 2 heterocycles. The molecule has 1 spiro atoms. The zero-order valence-electron chi connectivity index (χ0n) is 19.9. The number of benzene rings is 2. The van der Waals surface area contributed by atoms with E-state index in [1.165, 1.54) is 27.4 Å². The Morgan fingerprint density at radius 2 is 1.60 bits per heavy atom. The van der Waals surface area contributed by atoms with Crippen LogP contribution in [0.1, 0.15) is 41.3 Å². The van der Waals surface area contributed by atoms with Gasteiger partial charge in [-0.3, -0.25) is 14.8 Å². The average Bonchev–Trinajstić information content (AvgIpc) is 3.17. The number of hydrogen-bond donors (Lipinski definition) is 0. The molecule has 1 saturated heterocycles. The first-order valence-electron chi connectivity index (χ1n) is 11.0. The molecule has 7 nitrogen and oxygen atoms in total. The minimum absolute atomic E-state index is 0.195. The minimum Gasteiger partial charge on any atom is -0.493 e. The van der Waals surface area contributed by atoms with Crippen molar-refractivity contribution in [3.8, 4) is 17.2 Å². The standard InChI is InChI=1S/C25H26F3N3O4/c1-15-21(16-6-5-7-18(12-16)25(26,27)28)30-24(29-15)8-10-31(11-9-24)23(32)17-13-19(33-2)22(35-4)20(14-17)34-3/h5-7,12-14H,8-11H2,1-4H3. The summed E-state index contributed by atoms with van der Waals surface area (Å²) < 4.78 is 55.5. The van der Waals surface area contributed by atoms with Gasteiger partial charge in [0.1, 0.15) is 0 Å². The first-order valence-corrected chi connectivity index (χ1v) is 11.0. The molecule has 0 aliphatic carbocycles. The van der Waals surface area contributed by atoms with Gasteiger partial charge in [0.2, 0.25) is 5.75 Å². The fourth-order valence-corrected chi connectivity index (χ4v) is 4.47. The zero-order valence-corrected chi connectivity index (χ0v) is 19.9. The summed E-state index contributed by atoms with van der Waals surface area (Å²) >= 11 is 0. The molecule has 2 aliphatic rings. The largest absolute Gasteiger partial charge is 0.493 e. The molecule has 186 valence electrons. The number of hydrogen-bond acceptors (Lipinski definition) is 6. The first-order chi connectivity index (χ1) is 16.6. The quantitative estimate of drug-likeness (QED) is 0.614. The highest BCUT2D eigenvalue weighted by molar-refractivity contribution is 6.48. The van der Waals surface area contributed by atoms with E-state index in [2.05, 4.69) is 0 Å². The van der Waals surface area contributed by atoms with E-state index >= 15 is 0 Å². The number of halogens is 3. The number of nitrogens with zero attached hydrogens (tertiary/aromatic N) is 3. The molecule has 4 rings (SSSR count). The number of aliphatic imine (C=N–C) groups is 2. The lowest BCUT2D eigenvalue weighted by Crippen LogP contribution is -2.44. The van der Waals surface area contributed by atoms with E-state index in [-0.39, 0.29) is 5.91 Å². The van der Waals surface area contributed by atoms with Crippen LogP contribution in [0.15, 0.2) is 46.4 Å². The van der Waals surface area contributed by atoms with Crippen molar-refractivity contribution in [3.63, 3.8) is 0 Å². The molecular weight excluding hydrogens is 463 g/mol. The van der Waals surface area contributed by atoms with Gasteiger partial charge in [-0.1, -0.05) is 12.1 Å². The molecule has 0 bridgehead atoms. The summed E-state index contributed by atoms with van der Waals surface area (Å²) in [6, 6.07) is 8.33. The molecule has 0 N–H and O–H groups in total. The number of alkyl halides is 3. The van der Waals surface area contributed by atoms with Gasteiger partial charge < -0.3 is 19.1 Å². The highest BCUT2D eigenvalue weighted by Gasteiger charge is 2.40. The minimum atomic E-state index is -4.43. The Labute approximate surface area is 201 Å². The van der Waals surface area contributed by atoms with Crippen molar-refractivity contribution in [1.29, 1.82) is 0 Å². The lowest BCUT2D eigenvalue weighted by molar-refractivity contribution is -0.137. The molecule has 2 aliphatic heterocycles. The summed E-state index contributed by atoms with van der Waals surface area (Å²) in [6.07, 6.45) is -3.51. The van der Waals surface area contributed by atoms with Gasteiger partial charge in [0.15, 0.2) is 17.2 Å². The molecule has 1 amide bonds. The SMILES string of the molecule is COc1cc(C(=O)N2CCC3(CC2)N=C(C)C(c2cccc(C(F)(F)F)c2)=N3)cc(OC)c1OC. The maximum absolute atomic E-state index is 13.2. The monoisotopic (exact) mass is 489 g/mol. The highest BCUT2D eigenvalue weighted by Crippen LogP contribution is 2.39. The van der Waals surface area contributed by atoms with Crippen LogP contribution in [0.25, 0.3) is 0 Å². The maximum Gasteiger partial charge on any atom is 0.416 e. The number of likely N-dealkylation sites (tertiary alicyclic amines) is 1. The van der Waals surface area contributed by atoms with Crippen LogP contribution >= 0.6 is 0 Å². The summed E-state index contributed by atoms with van der Waals surface area (Å²) in [5, 5.41) is 0. The number of ether oxygens (including phenoxy) is 3. The third kappa shape index (κ3) is 4.69. The topological polar surface area (TPSA) is 72.7 Å². The molecule has 0 saturated carbocycles. The predicted octanol–water partition coefficient (Wildman–Crippen LogP) is 4.63. The molecule has 0 aromatic heterocycles. The number of carbonyl (C=O) groups is 1. The Morgan fingerprint density at radius 1 is 0.971 bits per heavy atom. The van der Waals surface area contributed by atoms with Crippen LogP contribution in [0.4, 0.5) is 13.2 Å². The second-order valence-corrected chi connectivity index (χ2v) is 8.42. The Balaban J connectivity index is 1.53. The molecule has 0 atom stereocenters. The lowest BCUT2D eigenvalue weighted by atomic mass is 9.97. The molecular formula is C25H26F3N3O4. The van der Waals surface area contributed by atoms with E-state index in [1.54, 1.807) is 30.0 Å². The zero-order chi connectivity index (χ0) is 25.4. The fourth-order valence-electron chi connectivity index (χ4n) is 4.47. The van der Waals surface area contributed by atoms with Gasteiger partial charge >= 0.3 is 6.18 Å². The maximum atomic E-state index is 13.2. The van der Waals surface area contributed by atoms with E-state index in [0.29, 0.717) is 65.7 Å². The smallest absolute Gasteiger partial charge is 0.416 e. The van der Waals surface area contributed by atoms with Crippen molar-refractivity contribution in [3.05, 3.63) is 53.1 Å². The van der Waals surface area contributed by atoms with Crippen LogP contribution in [0, 0.1) is 0 Å². The highest BCUT2D eigenvalue weighted by atomic mass is 19.4. The Kier molecular flexibility index (Phi) is 6.48. The van der Waals surface area contributed by atoms with E-state index < -0.39 is 17.4 Å². The van der Waals surface area contributed by atoms with Crippen LogP contribution < -0.4 is 14.2 Å². The molecule has 10 heteroatoms. The second kappa shape index (κ2) is 9.24. The van der Waals surface area contributed by atoms with Gasteiger partial charge in [0.25, 0.3) is 5.91 Å². The van der Waals surface area contributed by atoms with Gasteiger partial charge in [-0.2, -0.15) is 13.2 Å². The van der Waals surface area contributed by atoms with E-state index in [4.69, 9.17) is 24.2 Å². The molecule has 35 heavy (non-hydrogen) atoms. The van der Waals surface area contributed by atoms with E-state index in [1.807, 2.05) is 0 Å². The Morgan fingerprint density at radius 3 is 2.14 bits per heavy atom. The van der Waals surface area contributed by atoms with Crippen LogP contribution in [0.3, 0.4) is 0 Å². The Bertz CT molecular complexity index is 1170. The summed E-state index contributed by atoms with van der Waals surface area (Å²) in [7, 11) is 4.46. The van der Waals surface area contributed by atoms with E-state index in [9.17, 15) is 18.0 Å². The summed E-state index contributed by atoms with van der Waals surface area (Å²) in [4.78, 5) is 24.4. The lowest BCUT2D eigenvalue weighted by Gasteiger charge is -2.35. The normalized spacial score (nSPS) is 17.2. The van der Waals surface area contributed by atoms with Gasteiger partial charge in [-0.25, -0.2) is 0 Å². The molecule has 0 unspecified atom stereocenters. The number of piperidine rings is 1. The molecule has 2 aromatic rings. The third-order valence-electron chi connectivity index (χ3n) is 6.26. The van der Waals surface area contributed by atoms with Crippen LogP contribution in [0.5, 0.6) is 17.2 Å². The van der Waals surface area contributed by atoms with Crippen LogP contribution in [-0.2, 0) is 6.18 Å². The van der Waals surface area contributed by atoms with Crippen molar-refractivity contribution in [2.24, 2.45) is 9.98 Å².